The zero-order valence-electron chi connectivity index (χ0n) is 10.2. The van der Waals surface area contributed by atoms with Crippen LogP contribution in [0.1, 0.15) is 5.69 Å². The molecule has 0 saturated carbocycles. The first-order valence-corrected chi connectivity index (χ1v) is 5.94. The molecule has 0 fully saturated rings. The van der Waals surface area contributed by atoms with E-state index in [0.29, 0.717) is 0 Å². The van der Waals surface area contributed by atoms with Crippen LogP contribution in [0, 0.1) is 6.92 Å². The molecule has 0 saturated heterocycles. The Kier molecular flexibility index (Phi) is 1.94. The molecule has 0 aliphatic rings. The number of aryl methyl sites for hydroxylation is 1. The van der Waals surface area contributed by atoms with E-state index in [2.05, 4.69) is 20.3 Å². The molecule has 0 atom stereocenters. The van der Waals surface area contributed by atoms with Gasteiger partial charge in [0.1, 0.15) is 12.7 Å². The van der Waals surface area contributed by atoms with Gasteiger partial charge in [-0.3, -0.25) is 4.40 Å². The van der Waals surface area contributed by atoms with Crippen LogP contribution in [0.3, 0.4) is 0 Å². The molecule has 0 amide bonds. The summed E-state index contributed by atoms with van der Waals surface area (Å²) in [6.45, 7) is 1.96. The summed E-state index contributed by atoms with van der Waals surface area (Å²) in [7, 11) is 0. The minimum Gasteiger partial charge on any atom is -0.271 e. The molecule has 92 valence electrons. The third-order valence-electron chi connectivity index (χ3n) is 3.14. The molecule has 3 aromatic heterocycles. The van der Waals surface area contributed by atoms with Crippen molar-refractivity contribution in [3.05, 3.63) is 48.7 Å². The standard InChI is InChI=1S/C13H10N6/c1-9-11-12(14-7-18-8-15-16-13(11)18)19(17-9)10-5-3-2-4-6-10/h2-8H,1H3. The number of fused-ring (bicyclic) bond motifs is 3. The average molecular weight is 250 g/mol. The summed E-state index contributed by atoms with van der Waals surface area (Å²) < 4.78 is 3.63. The summed E-state index contributed by atoms with van der Waals surface area (Å²) in [6, 6.07) is 9.94. The number of para-hydroxylation sites is 1. The minimum atomic E-state index is 0.782. The van der Waals surface area contributed by atoms with Crippen molar-refractivity contribution in [2.75, 3.05) is 0 Å². The van der Waals surface area contributed by atoms with E-state index in [4.69, 9.17) is 0 Å². The van der Waals surface area contributed by atoms with Crippen molar-refractivity contribution >= 4 is 16.7 Å². The zero-order valence-corrected chi connectivity index (χ0v) is 10.2. The number of hydrogen-bond donors (Lipinski definition) is 0. The summed E-state index contributed by atoms with van der Waals surface area (Å²) in [5.74, 6) is 0. The van der Waals surface area contributed by atoms with Gasteiger partial charge in [-0.2, -0.15) is 5.10 Å². The van der Waals surface area contributed by atoms with Gasteiger partial charge < -0.3 is 0 Å². The Bertz CT molecular complexity index is 874. The Labute approximate surface area is 108 Å². The SMILES string of the molecule is Cc1nn(-c2ccccc2)c2ncn3cnnc3c12. The molecular formula is C13H10N6. The molecule has 3 heterocycles. The molecule has 0 bridgehead atoms. The highest BCUT2D eigenvalue weighted by atomic mass is 15.3. The average Bonchev–Trinajstić information content (AvgIpc) is 3.04. The van der Waals surface area contributed by atoms with Crippen molar-refractivity contribution in [1.29, 1.82) is 0 Å². The van der Waals surface area contributed by atoms with Gasteiger partial charge in [0.15, 0.2) is 11.3 Å². The fraction of sp³-hybridized carbons (Fsp3) is 0.0769. The Morgan fingerprint density at radius 1 is 1.00 bits per heavy atom. The molecule has 0 radical (unpaired) electrons. The topological polar surface area (TPSA) is 60.9 Å². The number of nitrogens with zero attached hydrogens (tertiary/aromatic N) is 6. The maximum Gasteiger partial charge on any atom is 0.174 e. The van der Waals surface area contributed by atoms with E-state index in [1.54, 1.807) is 17.1 Å². The molecule has 6 nitrogen and oxygen atoms in total. The Balaban J connectivity index is 2.14. The smallest absolute Gasteiger partial charge is 0.174 e. The van der Waals surface area contributed by atoms with E-state index in [1.165, 1.54) is 0 Å². The van der Waals surface area contributed by atoms with Crippen LogP contribution in [-0.2, 0) is 0 Å². The van der Waals surface area contributed by atoms with E-state index in [1.807, 2.05) is 41.9 Å². The van der Waals surface area contributed by atoms with Crippen molar-refractivity contribution in [3.8, 4) is 5.69 Å². The van der Waals surface area contributed by atoms with Crippen LogP contribution in [0.25, 0.3) is 22.4 Å². The summed E-state index contributed by atoms with van der Waals surface area (Å²) in [5.41, 5.74) is 3.45. The zero-order chi connectivity index (χ0) is 12.8. The van der Waals surface area contributed by atoms with Gasteiger partial charge in [0.05, 0.1) is 16.8 Å². The van der Waals surface area contributed by atoms with Gasteiger partial charge in [0, 0.05) is 0 Å². The van der Waals surface area contributed by atoms with Crippen LogP contribution in [0.4, 0.5) is 0 Å². The highest BCUT2D eigenvalue weighted by Crippen LogP contribution is 2.22. The predicted octanol–water partition coefficient (Wildman–Crippen LogP) is 1.77. The van der Waals surface area contributed by atoms with E-state index in [0.717, 1.165) is 28.1 Å². The van der Waals surface area contributed by atoms with Crippen molar-refractivity contribution in [2.45, 2.75) is 6.92 Å². The lowest BCUT2D eigenvalue weighted by atomic mass is 10.3. The maximum atomic E-state index is 4.56. The van der Waals surface area contributed by atoms with Gasteiger partial charge >= 0.3 is 0 Å². The highest BCUT2D eigenvalue weighted by molar-refractivity contribution is 5.92. The highest BCUT2D eigenvalue weighted by Gasteiger charge is 2.14. The monoisotopic (exact) mass is 250 g/mol. The summed E-state index contributed by atoms with van der Waals surface area (Å²) >= 11 is 0. The first kappa shape index (κ1) is 10.2. The maximum absolute atomic E-state index is 4.56. The van der Waals surface area contributed by atoms with Crippen LogP contribution in [0.2, 0.25) is 0 Å². The number of aromatic nitrogens is 6. The largest absolute Gasteiger partial charge is 0.271 e. The molecule has 1 aromatic carbocycles. The lowest BCUT2D eigenvalue weighted by molar-refractivity contribution is 0.875. The third kappa shape index (κ3) is 1.36. The second-order valence-electron chi connectivity index (χ2n) is 4.34. The first-order chi connectivity index (χ1) is 9.34. The Hall–Kier alpha value is -2.76. The van der Waals surface area contributed by atoms with Crippen molar-refractivity contribution < 1.29 is 0 Å². The molecule has 4 rings (SSSR count). The van der Waals surface area contributed by atoms with Gasteiger partial charge in [-0.05, 0) is 19.1 Å². The lowest BCUT2D eigenvalue weighted by Crippen LogP contribution is -1.98. The fourth-order valence-electron chi connectivity index (χ4n) is 2.27. The second-order valence-corrected chi connectivity index (χ2v) is 4.34. The van der Waals surface area contributed by atoms with Crippen LogP contribution in [-0.4, -0.2) is 29.4 Å². The van der Waals surface area contributed by atoms with E-state index >= 15 is 0 Å². The molecule has 4 aromatic rings. The Morgan fingerprint density at radius 2 is 1.84 bits per heavy atom. The van der Waals surface area contributed by atoms with E-state index in [-0.39, 0.29) is 0 Å². The fourth-order valence-corrected chi connectivity index (χ4v) is 2.27. The molecule has 0 spiro atoms. The quantitative estimate of drug-likeness (QED) is 0.516. The van der Waals surface area contributed by atoms with E-state index < -0.39 is 0 Å². The van der Waals surface area contributed by atoms with Crippen molar-refractivity contribution in [3.63, 3.8) is 0 Å². The van der Waals surface area contributed by atoms with Gasteiger partial charge in [-0.25, -0.2) is 9.67 Å². The van der Waals surface area contributed by atoms with Crippen LogP contribution in [0.15, 0.2) is 43.0 Å². The van der Waals surface area contributed by atoms with Crippen molar-refractivity contribution in [2.24, 2.45) is 0 Å². The molecule has 0 N–H and O–H groups in total. The van der Waals surface area contributed by atoms with Gasteiger partial charge in [0.25, 0.3) is 0 Å². The number of benzene rings is 1. The molecule has 0 aliphatic heterocycles. The third-order valence-corrected chi connectivity index (χ3v) is 3.14. The first-order valence-electron chi connectivity index (χ1n) is 5.94. The van der Waals surface area contributed by atoms with Gasteiger partial charge in [-0.1, -0.05) is 18.2 Å². The summed E-state index contributed by atoms with van der Waals surface area (Å²) in [5, 5.41) is 13.5. The Morgan fingerprint density at radius 3 is 2.68 bits per heavy atom. The number of rotatable bonds is 1. The lowest BCUT2D eigenvalue weighted by Gasteiger charge is -2.01. The predicted molar refractivity (Wildman–Crippen MR) is 70.1 cm³/mol. The van der Waals surface area contributed by atoms with Gasteiger partial charge in [0.2, 0.25) is 0 Å². The second kappa shape index (κ2) is 3.61. The molecule has 6 heteroatoms. The summed E-state index contributed by atoms with van der Waals surface area (Å²) in [6.07, 6.45) is 3.35. The van der Waals surface area contributed by atoms with Crippen molar-refractivity contribution in [1.82, 2.24) is 29.4 Å². The minimum absolute atomic E-state index is 0.782. The molecule has 0 unspecified atom stereocenters. The summed E-state index contributed by atoms with van der Waals surface area (Å²) in [4.78, 5) is 4.46. The number of hydrogen-bond acceptors (Lipinski definition) is 4. The van der Waals surface area contributed by atoms with Crippen LogP contribution >= 0.6 is 0 Å². The molecular weight excluding hydrogens is 240 g/mol. The molecule has 19 heavy (non-hydrogen) atoms. The van der Waals surface area contributed by atoms with Crippen LogP contribution in [0.5, 0.6) is 0 Å². The van der Waals surface area contributed by atoms with Crippen LogP contribution < -0.4 is 0 Å². The normalized spacial score (nSPS) is 11.4. The van der Waals surface area contributed by atoms with Gasteiger partial charge in [-0.15, -0.1) is 10.2 Å². The molecule has 0 aliphatic carbocycles. The van der Waals surface area contributed by atoms with E-state index in [9.17, 15) is 0 Å².